The highest BCUT2D eigenvalue weighted by Gasteiger charge is 2.21. The topological polar surface area (TPSA) is 156 Å². The molecular weight excluding hydrogens is 1020 g/mol. The molecule has 4 fully saturated rings. The summed E-state index contributed by atoms with van der Waals surface area (Å²) in [4.78, 5) is 40.4. The zero-order valence-corrected chi connectivity index (χ0v) is 49.8. The number of esters is 3. The molecule has 472 valence electrons. The quantitative estimate of drug-likeness (QED) is 0.0245. The summed E-state index contributed by atoms with van der Waals surface area (Å²) in [7, 11) is 4.02. The van der Waals surface area contributed by atoms with Gasteiger partial charge in [-0.25, -0.2) is 0 Å². The normalized spacial score (nSPS) is 18.0. The largest absolute Gasteiger partial charge is 0.465 e. The van der Waals surface area contributed by atoms with E-state index in [9.17, 15) is 14.4 Å². The van der Waals surface area contributed by atoms with Crippen LogP contribution in [0.25, 0.3) is 0 Å². The Hall–Kier alpha value is -1.95. The zero-order chi connectivity index (χ0) is 55.2. The smallest absolute Gasteiger partial charge is 0.306 e. The molecule has 0 amide bonds. The Bertz CT molecular complexity index is 1330. The Morgan fingerprint density at radius 1 is 0.375 bits per heavy atom. The third kappa shape index (κ3) is 41.1. The van der Waals surface area contributed by atoms with Gasteiger partial charge in [0.2, 0.25) is 0 Å². The number of unbranched alkanes of at least 4 members (excludes halogenated alkanes) is 2. The van der Waals surface area contributed by atoms with E-state index in [0.717, 1.165) is 89.0 Å². The van der Waals surface area contributed by atoms with E-state index in [4.69, 9.17) is 52.1 Å². The Morgan fingerprint density at radius 2 is 0.713 bits per heavy atom. The van der Waals surface area contributed by atoms with Crippen molar-refractivity contribution in [3.05, 3.63) is 0 Å². The highest BCUT2D eigenvalue weighted by atomic mass is 16.7. The number of hydrogen-bond acceptors (Lipinski definition) is 15. The van der Waals surface area contributed by atoms with Crippen LogP contribution >= 0.6 is 0 Å². The lowest BCUT2D eigenvalue weighted by molar-refractivity contribution is -0.150. The molecule has 2 atom stereocenters. The second-order valence-corrected chi connectivity index (χ2v) is 24.1. The van der Waals surface area contributed by atoms with Gasteiger partial charge in [0, 0.05) is 57.5 Å². The monoisotopic (exact) mass is 1140 g/mol. The molecule has 4 rings (SSSR count). The summed E-state index contributed by atoms with van der Waals surface area (Å²) in [6.45, 7) is 5.92. The lowest BCUT2D eigenvalue weighted by atomic mass is 9.86. The van der Waals surface area contributed by atoms with Crippen LogP contribution in [-0.4, -0.2) is 143 Å². The third-order valence-corrected chi connectivity index (χ3v) is 16.7. The van der Waals surface area contributed by atoms with E-state index in [2.05, 4.69) is 4.90 Å². The molecule has 0 saturated heterocycles. The van der Waals surface area contributed by atoms with Crippen molar-refractivity contribution in [3.63, 3.8) is 0 Å². The summed E-state index contributed by atoms with van der Waals surface area (Å²) in [5.41, 5.74) is 0. The Balaban J connectivity index is 0.0000109. The maximum Gasteiger partial charge on any atom is 0.306 e. The van der Waals surface area contributed by atoms with Crippen molar-refractivity contribution in [1.82, 2.24) is 4.90 Å². The molecule has 0 aliphatic heterocycles. The number of ether oxygens (including phenoxy) is 11. The summed E-state index contributed by atoms with van der Waals surface area (Å²) >= 11 is 0. The minimum Gasteiger partial charge on any atom is -0.465 e. The predicted octanol–water partition coefficient (Wildman–Crippen LogP) is 14.6. The number of nitrogens with zero attached hydrogens (tertiary/aromatic N) is 1. The van der Waals surface area contributed by atoms with Crippen LogP contribution in [0.1, 0.15) is 246 Å². The van der Waals surface area contributed by atoms with Gasteiger partial charge in [-0.3, -0.25) is 14.4 Å². The van der Waals surface area contributed by atoms with Crippen molar-refractivity contribution in [2.24, 2.45) is 35.5 Å². The first-order valence-electron chi connectivity index (χ1n) is 32.1. The minimum atomic E-state index is -0.177. The molecule has 0 radical (unpaired) electrons. The first-order valence-corrected chi connectivity index (χ1v) is 32.1. The molecule has 0 bridgehead atoms. The molecule has 4 saturated carbocycles. The van der Waals surface area contributed by atoms with Gasteiger partial charge in [0.15, 0.2) is 0 Å². The molecule has 80 heavy (non-hydrogen) atoms. The fraction of sp³-hybridized carbons (Fsp3) is 0.954. The van der Waals surface area contributed by atoms with E-state index in [1.54, 1.807) is 0 Å². The first-order chi connectivity index (χ1) is 38.3. The number of carbonyl (C=O) groups excluding carboxylic acids is 3. The van der Waals surface area contributed by atoms with Gasteiger partial charge in [0.25, 0.3) is 0 Å². The van der Waals surface area contributed by atoms with Gasteiger partial charge in [-0.1, -0.05) is 143 Å². The maximum atomic E-state index is 12.9. The van der Waals surface area contributed by atoms with Crippen LogP contribution < -0.4 is 0 Å². The highest BCUT2D eigenvalue weighted by molar-refractivity contribution is 5.70. The summed E-state index contributed by atoms with van der Waals surface area (Å²) < 4.78 is 64.5. The van der Waals surface area contributed by atoms with E-state index in [-0.39, 0.29) is 91.1 Å². The Kier molecular flexibility index (Phi) is 47.7. The lowest BCUT2D eigenvalue weighted by Gasteiger charge is -2.21. The average molecular weight is 1140 g/mol. The second kappa shape index (κ2) is 51.5. The van der Waals surface area contributed by atoms with Crippen molar-refractivity contribution in [1.29, 1.82) is 0 Å². The fourth-order valence-corrected chi connectivity index (χ4v) is 11.9. The average Bonchev–Trinajstić information content (AvgIpc) is 3.45. The van der Waals surface area contributed by atoms with Crippen LogP contribution in [0.3, 0.4) is 0 Å². The molecule has 2 unspecified atom stereocenters. The van der Waals surface area contributed by atoms with Crippen LogP contribution in [-0.2, 0) is 66.5 Å². The molecule has 0 spiro atoms. The van der Waals surface area contributed by atoms with E-state index >= 15 is 0 Å². The Labute approximate surface area is 489 Å². The van der Waals surface area contributed by atoms with Crippen molar-refractivity contribution in [3.8, 4) is 0 Å². The van der Waals surface area contributed by atoms with E-state index < -0.39 is 0 Å². The molecule has 0 aromatic rings. The van der Waals surface area contributed by atoms with Gasteiger partial charge >= 0.3 is 17.9 Å². The van der Waals surface area contributed by atoms with Crippen LogP contribution in [0.2, 0.25) is 0 Å². The number of rotatable bonds is 49. The Morgan fingerprint density at radius 3 is 1.06 bits per heavy atom. The van der Waals surface area contributed by atoms with E-state index in [1.165, 1.54) is 141 Å². The van der Waals surface area contributed by atoms with Crippen molar-refractivity contribution in [2.75, 3.05) is 114 Å². The molecule has 0 N–H and O–H groups in total. The van der Waals surface area contributed by atoms with Crippen LogP contribution in [0.5, 0.6) is 0 Å². The van der Waals surface area contributed by atoms with Gasteiger partial charge < -0.3 is 57.0 Å². The SMILES string of the molecule is C.C.CN(C)CCCC(=O)OC(CCCCOCOCC(COCOCCCC1CCCCC1)COC(=O)CCC1CCCCC1)CCCCOCOCC(COCOCCCC1CCCCC1)COC(=O)CCC1CCCCC1. The predicted molar refractivity (Wildman–Crippen MR) is 318 cm³/mol. The van der Waals surface area contributed by atoms with E-state index in [1.807, 2.05) is 14.1 Å². The van der Waals surface area contributed by atoms with Crippen LogP contribution in [0, 0.1) is 35.5 Å². The zero-order valence-electron chi connectivity index (χ0n) is 49.8. The van der Waals surface area contributed by atoms with E-state index in [0.29, 0.717) is 84.0 Å². The first kappa shape index (κ1) is 74.2. The molecule has 0 aromatic heterocycles. The molecule has 15 nitrogen and oxygen atoms in total. The van der Waals surface area contributed by atoms with Gasteiger partial charge in [-0.05, 0) is 128 Å². The van der Waals surface area contributed by atoms with Crippen molar-refractivity contribution < 1.29 is 66.5 Å². The second-order valence-electron chi connectivity index (χ2n) is 24.1. The van der Waals surface area contributed by atoms with Crippen molar-refractivity contribution >= 4 is 17.9 Å². The highest BCUT2D eigenvalue weighted by Crippen LogP contribution is 2.30. The number of carbonyl (C=O) groups is 3. The molecule has 0 heterocycles. The number of hydrogen-bond donors (Lipinski definition) is 0. The fourth-order valence-electron chi connectivity index (χ4n) is 11.9. The van der Waals surface area contributed by atoms with Gasteiger partial charge in [-0.15, -0.1) is 0 Å². The molecular formula is C65H123NO14. The summed E-state index contributed by atoms with van der Waals surface area (Å²) in [6, 6.07) is 0. The van der Waals surface area contributed by atoms with Gasteiger partial charge in [0.05, 0.1) is 39.6 Å². The molecule has 0 aromatic carbocycles. The lowest BCUT2D eigenvalue weighted by Crippen LogP contribution is -2.25. The van der Waals surface area contributed by atoms with Crippen LogP contribution in [0.15, 0.2) is 0 Å². The summed E-state index contributed by atoms with van der Waals surface area (Å²) in [6.07, 6.45) is 39.3. The van der Waals surface area contributed by atoms with Gasteiger partial charge in [-0.2, -0.15) is 0 Å². The summed E-state index contributed by atoms with van der Waals surface area (Å²) in [5.74, 6) is 2.27. The maximum absolute atomic E-state index is 12.9. The molecule has 4 aliphatic carbocycles. The third-order valence-electron chi connectivity index (χ3n) is 16.7. The van der Waals surface area contributed by atoms with Gasteiger partial charge in [0.1, 0.15) is 33.3 Å². The van der Waals surface area contributed by atoms with Crippen LogP contribution in [0.4, 0.5) is 0 Å². The molecule has 15 heteroatoms. The summed E-state index contributed by atoms with van der Waals surface area (Å²) in [5, 5.41) is 0. The molecule has 4 aliphatic rings. The van der Waals surface area contributed by atoms with Crippen molar-refractivity contribution in [2.45, 2.75) is 252 Å². The standard InChI is InChI=1S/C63H115NO14.2CH4/c1-64(2)39-19-34-63(67)78-60(32-15-17-40-68-50-72-44-58(48-76-61(65)37-35-56-26-11-5-12-27-56)46-74-52-70-42-20-30-54-22-7-3-8-23-54)33-16-18-41-69-51-73-45-59(49-77-62(66)38-36-57-28-13-6-14-29-57)47-75-53-71-43-21-31-55-24-9-4-10-25-55;;/h54-60H,3-53H2,1-2H3;2*1H4. The minimum absolute atomic E-state index is 0.